The van der Waals surface area contributed by atoms with Gasteiger partial charge in [-0.2, -0.15) is 0 Å². The van der Waals surface area contributed by atoms with Gasteiger partial charge in [-0.1, -0.05) is 13.8 Å². The number of carbonyl (C=O) groups excluding carboxylic acids is 1. The molecule has 0 heterocycles. The van der Waals surface area contributed by atoms with Gasteiger partial charge in [-0.05, 0) is 24.1 Å². The third-order valence-electron chi connectivity index (χ3n) is 2.16. The van der Waals surface area contributed by atoms with Crippen LogP contribution in [0.4, 0.5) is 10.1 Å². The molecule has 1 aromatic rings. The maximum absolute atomic E-state index is 13.1. The highest BCUT2D eigenvalue weighted by molar-refractivity contribution is 8.00. The van der Waals surface area contributed by atoms with Crippen molar-refractivity contribution in [2.45, 2.75) is 24.0 Å². The predicted molar refractivity (Wildman–Crippen MR) is 67.6 cm³/mol. The normalized spacial score (nSPS) is 12.5. The van der Waals surface area contributed by atoms with Gasteiger partial charge in [0.2, 0.25) is 5.91 Å². The van der Waals surface area contributed by atoms with Crippen molar-refractivity contribution in [1.29, 1.82) is 0 Å². The fourth-order valence-corrected chi connectivity index (χ4v) is 2.50. The van der Waals surface area contributed by atoms with Crippen molar-refractivity contribution in [1.82, 2.24) is 5.43 Å². The summed E-state index contributed by atoms with van der Waals surface area (Å²) in [6, 6.07) is 4.21. The van der Waals surface area contributed by atoms with Crippen molar-refractivity contribution in [3.63, 3.8) is 0 Å². The van der Waals surface area contributed by atoms with Gasteiger partial charge in [0.25, 0.3) is 0 Å². The number of hydrogen-bond acceptors (Lipinski definition) is 4. The van der Waals surface area contributed by atoms with Gasteiger partial charge in [0.05, 0.1) is 5.25 Å². The second-order valence-corrected chi connectivity index (χ2v) is 5.23. The number of carbonyl (C=O) groups is 1. The molecule has 0 aliphatic rings. The van der Waals surface area contributed by atoms with E-state index >= 15 is 0 Å². The van der Waals surface area contributed by atoms with E-state index in [2.05, 4.69) is 5.43 Å². The zero-order chi connectivity index (χ0) is 13.0. The molecule has 1 aromatic carbocycles. The summed E-state index contributed by atoms with van der Waals surface area (Å²) in [5, 5.41) is -0.374. The van der Waals surface area contributed by atoms with Crippen molar-refractivity contribution >= 4 is 23.4 Å². The molecule has 0 spiro atoms. The molecule has 94 valence electrons. The summed E-state index contributed by atoms with van der Waals surface area (Å²) in [6.07, 6.45) is 0. The van der Waals surface area contributed by atoms with Crippen LogP contribution in [0.15, 0.2) is 23.1 Å². The second kappa shape index (κ2) is 5.88. The van der Waals surface area contributed by atoms with Gasteiger partial charge in [-0.25, -0.2) is 10.2 Å². The first-order chi connectivity index (χ1) is 7.93. The third kappa shape index (κ3) is 3.90. The molecule has 5 N–H and O–H groups in total. The molecule has 17 heavy (non-hydrogen) atoms. The van der Waals surface area contributed by atoms with E-state index in [0.29, 0.717) is 10.6 Å². The lowest BCUT2D eigenvalue weighted by Crippen LogP contribution is -2.39. The zero-order valence-corrected chi connectivity index (χ0v) is 10.6. The molecule has 1 unspecified atom stereocenters. The van der Waals surface area contributed by atoms with E-state index < -0.39 is 5.82 Å². The lowest BCUT2D eigenvalue weighted by Gasteiger charge is -2.18. The van der Waals surface area contributed by atoms with Crippen LogP contribution in [0.3, 0.4) is 0 Å². The topological polar surface area (TPSA) is 81.1 Å². The summed E-state index contributed by atoms with van der Waals surface area (Å²) in [7, 11) is 0. The van der Waals surface area contributed by atoms with Crippen LogP contribution in [0.5, 0.6) is 0 Å². The third-order valence-corrected chi connectivity index (χ3v) is 3.68. The maximum atomic E-state index is 13.1. The molecule has 6 heteroatoms. The number of anilines is 1. The van der Waals surface area contributed by atoms with E-state index in [1.54, 1.807) is 6.07 Å². The molecule has 0 fully saturated rings. The van der Waals surface area contributed by atoms with E-state index in [-0.39, 0.29) is 17.1 Å². The lowest BCUT2D eigenvalue weighted by molar-refractivity contribution is -0.121. The number of amides is 1. The number of nitrogens with two attached hydrogens (primary N) is 2. The average molecular weight is 257 g/mol. The van der Waals surface area contributed by atoms with Crippen LogP contribution in [-0.4, -0.2) is 11.2 Å². The van der Waals surface area contributed by atoms with E-state index in [9.17, 15) is 9.18 Å². The van der Waals surface area contributed by atoms with Crippen LogP contribution in [0.1, 0.15) is 13.8 Å². The molecule has 1 amide bonds. The Labute approximate surface area is 104 Å². The molecule has 0 saturated carbocycles. The monoisotopic (exact) mass is 257 g/mol. The van der Waals surface area contributed by atoms with Crippen LogP contribution in [-0.2, 0) is 4.79 Å². The maximum Gasteiger partial charge on any atom is 0.247 e. The van der Waals surface area contributed by atoms with Gasteiger partial charge in [0.1, 0.15) is 5.82 Å². The Hall–Kier alpha value is -1.27. The summed E-state index contributed by atoms with van der Waals surface area (Å²) < 4.78 is 13.1. The number of benzene rings is 1. The lowest BCUT2D eigenvalue weighted by atomic mass is 10.1. The quantitative estimate of drug-likeness (QED) is 0.251. The van der Waals surface area contributed by atoms with E-state index in [1.807, 2.05) is 13.8 Å². The van der Waals surface area contributed by atoms with Crippen molar-refractivity contribution in [2.24, 2.45) is 11.8 Å². The molecule has 0 aliphatic carbocycles. The molecule has 1 rings (SSSR count). The predicted octanol–water partition coefficient (Wildman–Crippen LogP) is 1.51. The molecular formula is C11H16FN3OS. The van der Waals surface area contributed by atoms with Gasteiger partial charge in [0, 0.05) is 10.6 Å². The Morgan fingerprint density at radius 3 is 2.53 bits per heavy atom. The number of hydrazine groups is 1. The molecule has 0 aromatic heterocycles. The second-order valence-electron chi connectivity index (χ2n) is 4.01. The van der Waals surface area contributed by atoms with Gasteiger partial charge < -0.3 is 5.73 Å². The summed E-state index contributed by atoms with van der Waals surface area (Å²) in [4.78, 5) is 12.2. The van der Waals surface area contributed by atoms with Gasteiger partial charge >= 0.3 is 0 Å². The summed E-state index contributed by atoms with van der Waals surface area (Å²) >= 11 is 1.25. The van der Waals surface area contributed by atoms with Crippen LogP contribution < -0.4 is 17.0 Å². The minimum atomic E-state index is -0.414. The molecule has 0 bridgehead atoms. The van der Waals surface area contributed by atoms with E-state index in [0.717, 1.165) is 0 Å². The smallest absolute Gasteiger partial charge is 0.247 e. The Balaban J connectivity index is 2.89. The Morgan fingerprint density at radius 1 is 1.41 bits per heavy atom. The highest BCUT2D eigenvalue weighted by Gasteiger charge is 2.22. The number of rotatable bonds is 4. The summed E-state index contributed by atoms with van der Waals surface area (Å²) in [5.74, 6) is 4.49. The minimum Gasteiger partial charge on any atom is -0.399 e. The number of nitrogens with one attached hydrogen (secondary N) is 1. The number of thioether (sulfide) groups is 1. The highest BCUT2D eigenvalue weighted by Crippen LogP contribution is 2.30. The van der Waals surface area contributed by atoms with Crippen LogP contribution in [0.25, 0.3) is 0 Å². The van der Waals surface area contributed by atoms with Crippen LogP contribution in [0.2, 0.25) is 0 Å². The van der Waals surface area contributed by atoms with E-state index in [1.165, 1.54) is 23.9 Å². The van der Waals surface area contributed by atoms with Crippen molar-refractivity contribution in [3.05, 3.63) is 24.0 Å². The largest absolute Gasteiger partial charge is 0.399 e. The molecule has 0 saturated heterocycles. The Morgan fingerprint density at radius 2 is 2.06 bits per heavy atom. The molecular weight excluding hydrogens is 241 g/mol. The van der Waals surface area contributed by atoms with Crippen LogP contribution in [0, 0.1) is 11.7 Å². The first-order valence-electron chi connectivity index (χ1n) is 5.17. The molecule has 0 aliphatic heterocycles. The van der Waals surface area contributed by atoms with Gasteiger partial charge in [-0.3, -0.25) is 10.2 Å². The minimum absolute atomic E-state index is 0.0769. The van der Waals surface area contributed by atoms with Gasteiger partial charge in [0.15, 0.2) is 0 Å². The standard InChI is InChI=1S/C11H16FN3OS/c1-6(2)10(11(16)15-14)17-9-4-7(12)3-8(13)5-9/h3-6,10H,13-14H2,1-2H3,(H,15,16). The Kier molecular flexibility index (Phi) is 4.77. The molecule has 4 nitrogen and oxygen atoms in total. The Bertz CT molecular complexity index is 391. The number of nitrogen functional groups attached to an aromatic ring is 1. The van der Waals surface area contributed by atoms with Crippen molar-refractivity contribution < 1.29 is 9.18 Å². The SMILES string of the molecule is CC(C)C(Sc1cc(N)cc(F)c1)C(=O)NN. The highest BCUT2D eigenvalue weighted by atomic mass is 32.2. The van der Waals surface area contributed by atoms with Crippen molar-refractivity contribution in [2.75, 3.05) is 5.73 Å². The molecule has 1 atom stereocenters. The van der Waals surface area contributed by atoms with Gasteiger partial charge in [-0.15, -0.1) is 11.8 Å². The fourth-order valence-electron chi connectivity index (χ4n) is 1.37. The fraction of sp³-hybridized carbons (Fsp3) is 0.364. The summed E-state index contributed by atoms with van der Waals surface area (Å²) in [5.41, 5.74) is 7.99. The molecule has 0 radical (unpaired) electrons. The first kappa shape index (κ1) is 13.8. The first-order valence-corrected chi connectivity index (χ1v) is 6.05. The van der Waals surface area contributed by atoms with E-state index in [4.69, 9.17) is 11.6 Å². The van der Waals surface area contributed by atoms with Crippen LogP contribution >= 0.6 is 11.8 Å². The zero-order valence-electron chi connectivity index (χ0n) is 9.74. The summed E-state index contributed by atoms with van der Waals surface area (Å²) in [6.45, 7) is 3.80. The van der Waals surface area contributed by atoms with Crippen molar-refractivity contribution in [3.8, 4) is 0 Å². The number of halogens is 1. The number of hydrogen-bond donors (Lipinski definition) is 3. The average Bonchev–Trinajstić information content (AvgIpc) is 2.23.